The quantitative estimate of drug-likeness (QED) is 0.840. The van der Waals surface area contributed by atoms with E-state index in [4.69, 9.17) is 33.4 Å². The topological polar surface area (TPSA) is 64.1 Å². The monoisotopic (exact) mass is 285 g/mol. The van der Waals surface area contributed by atoms with Gasteiger partial charge in [-0.2, -0.15) is 0 Å². The lowest BCUT2D eigenvalue weighted by atomic mass is 10.2. The first-order valence-electron chi connectivity index (χ1n) is 5.52. The molecule has 0 saturated carbocycles. The van der Waals surface area contributed by atoms with Gasteiger partial charge in [-0.1, -0.05) is 30.1 Å². The Kier molecular flexibility index (Phi) is 3.99. The first-order chi connectivity index (χ1) is 8.60. The summed E-state index contributed by atoms with van der Waals surface area (Å²) in [6, 6.07) is 3.29. The lowest BCUT2D eigenvalue weighted by molar-refractivity contribution is 0.466. The second kappa shape index (κ2) is 5.50. The zero-order valence-corrected chi connectivity index (χ0v) is 11.3. The van der Waals surface area contributed by atoms with Gasteiger partial charge in [0.25, 0.3) is 0 Å². The van der Waals surface area contributed by atoms with E-state index in [9.17, 15) is 0 Å². The molecule has 1 aromatic heterocycles. The van der Waals surface area contributed by atoms with Crippen molar-refractivity contribution < 1.29 is 4.42 Å². The summed E-state index contributed by atoms with van der Waals surface area (Å²) >= 11 is 11.8. The summed E-state index contributed by atoms with van der Waals surface area (Å²) in [5.41, 5.74) is 7.07. The van der Waals surface area contributed by atoms with Crippen LogP contribution in [0.15, 0.2) is 22.7 Å². The number of oxazole rings is 1. The van der Waals surface area contributed by atoms with Crippen molar-refractivity contribution in [2.24, 2.45) is 0 Å². The molecule has 0 spiro atoms. The Morgan fingerprint density at radius 2 is 2.06 bits per heavy atom. The molecule has 0 aliphatic rings. The Bertz CT molecular complexity index is 554. The average molecular weight is 286 g/mol. The van der Waals surface area contributed by atoms with Gasteiger partial charge in [0.2, 0.25) is 5.89 Å². The smallest absolute Gasteiger partial charge is 0.213 e. The molecule has 0 fully saturated rings. The number of halogens is 2. The lowest BCUT2D eigenvalue weighted by Crippen LogP contribution is -2.02. The molecule has 0 aliphatic heterocycles. The van der Waals surface area contributed by atoms with Crippen molar-refractivity contribution in [3.8, 4) is 0 Å². The first-order valence-corrected chi connectivity index (χ1v) is 6.27. The highest BCUT2D eigenvalue weighted by molar-refractivity contribution is 6.42. The predicted octanol–water partition coefficient (Wildman–Crippen LogP) is 3.74. The van der Waals surface area contributed by atoms with Crippen LogP contribution in [0.4, 0.5) is 11.4 Å². The molecular formula is C12H13Cl2N3O. The van der Waals surface area contributed by atoms with Gasteiger partial charge in [0.05, 0.1) is 34.2 Å². The van der Waals surface area contributed by atoms with Crippen molar-refractivity contribution in [3.05, 3.63) is 40.0 Å². The van der Waals surface area contributed by atoms with Crippen LogP contribution in [0.3, 0.4) is 0 Å². The Labute approximate surface area is 115 Å². The molecule has 0 bridgehead atoms. The van der Waals surface area contributed by atoms with Crippen LogP contribution in [-0.4, -0.2) is 4.98 Å². The molecule has 3 N–H and O–H groups in total. The minimum atomic E-state index is 0.434. The van der Waals surface area contributed by atoms with Crippen molar-refractivity contribution in [1.29, 1.82) is 0 Å². The van der Waals surface area contributed by atoms with Gasteiger partial charge in [-0.3, -0.25) is 0 Å². The summed E-state index contributed by atoms with van der Waals surface area (Å²) in [6.45, 7) is 2.46. The normalized spacial score (nSPS) is 10.6. The van der Waals surface area contributed by atoms with Gasteiger partial charge < -0.3 is 15.5 Å². The van der Waals surface area contributed by atoms with Gasteiger partial charge in [0.1, 0.15) is 5.76 Å². The third-order valence-electron chi connectivity index (χ3n) is 2.47. The molecule has 0 amide bonds. The molecule has 4 nitrogen and oxygen atoms in total. The molecule has 0 aliphatic carbocycles. The summed E-state index contributed by atoms with van der Waals surface area (Å²) in [4.78, 5) is 4.14. The van der Waals surface area contributed by atoms with Crippen LogP contribution in [0.2, 0.25) is 10.0 Å². The highest BCUT2D eigenvalue weighted by atomic mass is 35.5. The van der Waals surface area contributed by atoms with Crippen LogP contribution in [0.25, 0.3) is 0 Å². The second-order valence-electron chi connectivity index (χ2n) is 3.78. The molecule has 96 valence electrons. The summed E-state index contributed by atoms with van der Waals surface area (Å²) in [6.07, 6.45) is 2.54. The molecule has 0 unspecified atom stereocenters. The zero-order valence-electron chi connectivity index (χ0n) is 9.84. The van der Waals surface area contributed by atoms with Crippen molar-refractivity contribution in [1.82, 2.24) is 4.98 Å². The van der Waals surface area contributed by atoms with Crippen molar-refractivity contribution >= 4 is 34.6 Å². The number of aromatic nitrogens is 1. The maximum atomic E-state index is 5.93. The molecule has 0 atom stereocenters. The van der Waals surface area contributed by atoms with Crippen molar-refractivity contribution in [2.45, 2.75) is 19.9 Å². The number of anilines is 2. The summed E-state index contributed by atoms with van der Waals surface area (Å²) in [7, 11) is 0. The van der Waals surface area contributed by atoms with Crippen molar-refractivity contribution in [2.75, 3.05) is 11.1 Å². The highest BCUT2D eigenvalue weighted by Gasteiger charge is 2.07. The van der Waals surface area contributed by atoms with Crippen LogP contribution in [0.1, 0.15) is 18.6 Å². The summed E-state index contributed by atoms with van der Waals surface area (Å²) in [5.74, 6) is 1.46. The lowest BCUT2D eigenvalue weighted by Gasteiger charge is -2.09. The fourth-order valence-corrected chi connectivity index (χ4v) is 1.82. The largest absolute Gasteiger partial charge is 0.444 e. The molecule has 18 heavy (non-hydrogen) atoms. The second-order valence-corrected chi connectivity index (χ2v) is 4.60. The Morgan fingerprint density at radius 1 is 1.33 bits per heavy atom. The fourth-order valence-electron chi connectivity index (χ4n) is 1.48. The third-order valence-corrected chi connectivity index (χ3v) is 3.19. The van der Waals surface area contributed by atoms with E-state index in [1.807, 2.05) is 6.92 Å². The van der Waals surface area contributed by atoms with E-state index in [0.29, 0.717) is 33.9 Å². The van der Waals surface area contributed by atoms with E-state index >= 15 is 0 Å². The zero-order chi connectivity index (χ0) is 13.1. The number of rotatable bonds is 4. The summed E-state index contributed by atoms with van der Waals surface area (Å²) < 4.78 is 5.47. The number of nitrogens with one attached hydrogen (secondary N) is 1. The predicted molar refractivity (Wildman–Crippen MR) is 74.1 cm³/mol. The maximum absolute atomic E-state index is 5.93. The number of aryl methyl sites for hydroxylation is 1. The Morgan fingerprint density at radius 3 is 2.72 bits per heavy atom. The van der Waals surface area contributed by atoms with Gasteiger partial charge in [0.15, 0.2) is 0 Å². The first kappa shape index (κ1) is 13.1. The van der Waals surface area contributed by atoms with Gasteiger partial charge >= 0.3 is 0 Å². The van der Waals surface area contributed by atoms with Gasteiger partial charge in [0, 0.05) is 6.42 Å². The number of nitrogen functional groups attached to an aromatic ring is 1. The van der Waals surface area contributed by atoms with Crippen molar-refractivity contribution in [3.63, 3.8) is 0 Å². The van der Waals surface area contributed by atoms with Gasteiger partial charge in [-0.05, 0) is 12.1 Å². The van der Waals surface area contributed by atoms with Gasteiger partial charge in [-0.15, -0.1) is 0 Å². The highest BCUT2D eigenvalue weighted by Crippen LogP contribution is 2.30. The van der Waals surface area contributed by atoms with Crippen LogP contribution in [-0.2, 0) is 13.0 Å². The van der Waals surface area contributed by atoms with E-state index < -0.39 is 0 Å². The van der Waals surface area contributed by atoms with Crippen LogP contribution < -0.4 is 11.1 Å². The molecule has 2 rings (SSSR count). The molecule has 2 aromatic rings. The van der Waals surface area contributed by atoms with Crippen LogP contribution >= 0.6 is 23.2 Å². The van der Waals surface area contributed by atoms with E-state index in [2.05, 4.69) is 10.3 Å². The summed E-state index contributed by atoms with van der Waals surface area (Å²) in [5, 5.41) is 4.00. The number of hydrogen-bond acceptors (Lipinski definition) is 4. The fraction of sp³-hybridized carbons (Fsp3) is 0.250. The minimum absolute atomic E-state index is 0.434. The molecule has 1 heterocycles. The Balaban J connectivity index is 2.08. The molecule has 1 aromatic carbocycles. The number of nitrogens with two attached hydrogens (primary N) is 1. The molecular weight excluding hydrogens is 273 g/mol. The van der Waals surface area contributed by atoms with E-state index in [0.717, 1.165) is 12.2 Å². The third kappa shape index (κ3) is 2.89. The van der Waals surface area contributed by atoms with E-state index in [1.165, 1.54) is 0 Å². The van der Waals surface area contributed by atoms with Crippen LogP contribution in [0, 0.1) is 0 Å². The molecule has 6 heteroatoms. The molecule has 0 radical (unpaired) electrons. The Hall–Kier alpha value is -1.39. The number of nitrogens with zero attached hydrogens (tertiary/aromatic N) is 1. The van der Waals surface area contributed by atoms with Gasteiger partial charge in [-0.25, -0.2) is 4.98 Å². The van der Waals surface area contributed by atoms with E-state index in [1.54, 1.807) is 18.3 Å². The maximum Gasteiger partial charge on any atom is 0.213 e. The SMILES string of the molecule is CCc1cnc(CNc2cc(Cl)c(Cl)cc2N)o1. The van der Waals surface area contributed by atoms with E-state index in [-0.39, 0.29) is 0 Å². The number of benzene rings is 1. The standard InChI is InChI=1S/C12H13Cl2N3O/c1-2-7-5-17-12(18-7)6-16-11-4-9(14)8(13)3-10(11)15/h3-5,16H,2,6,15H2,1H3. The average Bonchev–Trinajstić information content (AvgIpc) is 2.80. The minimum Gasteiger partial charge on any atom is -0.444 e. The molecule has 0 saturated heterocycles. The number of hydrogen-bond donors (Lipinski definition) is 2. The van der Waals surface area contributed by atoms with Crippen LogP contribution in [0.5, 0.6) is 0 Å².